The van der Waals surface area contributed by atoms with E-state index in [-0.39, 0.29) is 11.8 Å². The van der Waals surface area contributed by atoms with Crippen LogP contribution in [0.4, 0.5) is 0 Å². The molecule has 5 heteroatoms. The molecule has 118 valence electrons. The van der Waals surface area contributed by atoms with E-state index in [1.807, 2.05) is 25.1 Å². The molecule has 0 fully saturated rings. The third kappa shape index (κ3) is 2.07. The van der Waals surface area contributed by atoms with Crippen molar-refractivity contribution in [3.63, 3.8) is 0 Å². The third-order valence-corrected chi connectivity index (χ3v) is 4.43. The van der Waals surface area contributed by atoms with Gasteiger partial charge in [-0.1, -0.05) is 35.9 Å². The Labute approximate surface area is 143 Å². The van der Waals surface area contributed by atoms with Crippen LogP contribution in [0.2, 0.25) is 5.02 Å². The summed E-state index contributed by atoms with van der Waals surface area (Å²) in [5, 5.41) is 1.82. The van der Waals surface area contributed by atoms with Crippen molar-refractivity contribution in [1.82, 2.24) is 4.68 Å². The lowest BCUT2D eigenvalue weighted by atomic mass is 10.1. The van der Waals surface area contributed by atoms with Gasteiger partial charge in [0.1, 0.15) is 0 Å². The molecule has 0 saturated carbocycles. The number of halogens is 1. The maximum Gasteiger partial charge on any atom is 0.281 e. The van der Waals surface area contributed by atoms with Crippen LogP contribution in [-0.4, -0.2) is 16.5 Å². The van der Waals surface area contributed by atoms with E-state index in [0.717, 1.165) is 16.8 Å². The fraction of sp³-hybridized carbons (Fsp3) is 0.0526. The second-order valence-corrected chi connectivity index (χ2v) is 6.10. The number of amides is 2. The lowest BCUT2D eigenvalue weighted by Gasteiger charge is -2.19. The largest absolute Gasteiger partial charge is 0.281 e. The molecule has 0 N–H and O–H groups in total. The number of carbonyl (C=O) groups excluding carboxylic acids is 2. The molecule has 4 rings (SSSR count). The molecule has 3 aromatic rings. The summed E-state index contributed by atoms with van der Waals surface area (Å²) in [6, 6.07) is 16.1. The van der Waals surface area contributed by atoms with E-state index >= 15 is 0 Å². The molecule has 1 aliphatic rings. The fourth-order valence-electron chi connectivity index (χ4n) is 3.02. The number of aromatic nitrogens is 1. The second kappa shape index (κ2) is 5.35. The van der Waals surface area contributed by atoms with Gasteiger partial charge in [0.2, 0.25) is 0 Å². The van der Waals surface area contributed by atoms with Crippen molar-refractivity contribution in [2.75, 3.05) is 5.01 Å². The third-order valence-electron chi connectivity index (χ3n) is 4.17. The summed E-state index contributed by atoms with van der Waals surface area (Å²) in [7, 11) is 0. The first-order valence-corrected chi connectivity index (χ1v) is 7.87. The number of benzene rings is 2. The molecule has 2 heterocycles. The zero-order chi connectivity index (χ0) is 16.8. The van der Waals surface area contributed by atoms with Crippen molar-refractivity contribution in [3.8, 4) is 11.3 Å². The Hall–Kier alpha value is -2.85. The van der Waals surface area contributed by atoms with E-state index in [0.29, 0.717) is 16.1 Å². The highest BCUT2D eigenvalue weighted by atomic mass is 35.5. The summed E-state index contributed by atoms with van der Waals surface area (Å²) in [5.41, 5.74) is 3.50. The molecule has 0 saturated heterocycles. The molecule has 4 nitrogen and oxygen atoms in total. The minimum absolute atomic E-state index is 0.318. The molecule has 1 aromatic heterocycles. The Morgan fingerprint density at radius 2 is 1.42 bits per heavy atom. The molecule has 0 aliphatic carbocycles. The number of fused-ring (bicyclic) bond motifs is 1. The van der Waals surface area contributed by atoms with E-state index in [9.17, 15) is 9.59 Å². The van der Waals surface area contributed by atoms with Crippen LogP contribution in [0.25, 0.3) is 11.3 Å². The number of carbonyl (C=O) groups is 2. The van der Waals surface area contributed by atoms with E-state index in [1.54, 1.807) is 47.3 Å². The number of nitrogens with zero attached hydrogens (tertiary/aromatic N) is 2. The summed E-state index contributed by atoms with van der Waals surface area (Å²) in [6.07, 6.45) is 1.74. The first-order valence-electron chi connectivity index (χ1n) is 7.50. The van der Waals surface area contributed by atoms with Crippen molar-refractivity contribution >= 4 is 23.4 Å². The minimum Gasteiger partial charge on any atom is -0.267 e. The first kappa shape index (κ1) is 14.7. The highest BCUT2D eigenvalue weighted by Crippen LogP contribution is 2.29. The molecule has 0 atom stereocenters. The van der Waals surface area contributed by atoms with Gasteiger partial charge in [-0.15, -0.1) is 0 Å². The van der Waals surface area contributed by atoms with Crippen LogP contribution in [0.3, 0.4) is 0 Å². The normalized spacial score (nSPS) is 13.5. The Kier molecular flexibility index (Phi) is 3.28. The average molecular weight is 337 g/mol. The molecular formula is C19H13ClN2O2. The van der Waals surface area contributed by atoms with Gasteiger partial charge in [0.15, 0.2) is 0 Å². The van der Waals surface area contributed by atoms with E-state index < -0.39 is 0 Å². The number of aryl methyl sites for hydroxylation is 1. The quantitative estimate of drug-likeness (QED) is 0.662. The van der Waals surface area contributed by atoms with Crippen LogP contribution in [0.5, 0.6) is 0 Å². The predicted octanol–water partition coefficient (Wildman–Crippen LogP) is 4.05. The summed E-state index contributed by atoms with van der Waals surface area (Å²) >= 11 is 5.96. The molecule has 0 radical (unpaired) electrons. The summed E-state index contributed by atoms with van der Waals surface area (Å²) < 4.78 is 1.61. The fourth-order valence-corrected chi connectivity index (χ4v) is 3.15. The van der Waals surface area contributed by atoms with Crippen molar-refractivity contribution in [3.05, 3.63) is 82.5 Å². The molecular weight excluding hydrogens is 324 g/mol. The Balaban J connectivity index is 1.86. The van der Waals surface area contributed by atoms with Gasteiger partial charge in [0, 0.05) is 16.8 Å². The minimum atomic E-state index is -0.318. The second-order valence-electron chi connectivity index (χ2n) is 5.67. The maximum atomic E-state index is 12.7. The molecule has 2 aromatic carbocycles. The van der Waals surface area contributed by atoms with Crippen molar-refractivity contribution in [1.29, 1.82) is 0 Å². The average Bonchev–Trinajstić information content (AvgIpc) is 3.07. The zero-order valence-corrected chi connectivity index (χ0v) is 13.6. The standard InChI is InChI=1S/C19H13ClN2O2/c1-12-10-11-21(17(12)13-6-8-14(20)9-7-13)22-18(23)15-4-2-3-5-16(15)19(22)24/h2-11H,1H3. The van der Waals surface area contributed by atoms with Crippen LogP contribution in [-0.2, 0) is 0 Å². The van der Waals surface area contributed by atoms with Crippen LogP contribution in [0.15, 0.2) is 60.8 Å². The number of hydrogen-bond donors (Lipinski definition) is 0. The van der Waals surface area contributed by atoms with Crippen molar-refractivity contribution < 1.29 is 9.59 Å². The Morgan fingerprint density at radius 1 is 0.833 bits per heavy atom. The van der Waals surface area contributed by atoms with Crippen LogP contribution >= 0.6 is 11.6 Å². The van der Waals surface area contributed by atoms with Gasteiger partial charge < -0.3 is 0 Å². The number of rotatable bonds is 2. The lowest BCUT2D eigenvalue weighted by Crippen LogP contribution is -2.39. The maximum absolute atomic E-state index is 12.7. The van der Waals surface area contributed by atoms with Gasteiger partial charge in [0.25, 0.3) is 11.8 Å². The van der Waals surface area contributed by atoms with Gasteiger partial charge in [-0.25, -0.2) is 4.68 Å². The van der Waals surface area contributed by atoms with Gasteiger partial charge in [-0.2, -0.15) is 5.01 Å². The smallest absolute Gasteiger partial charge is 0.267 e. The van der Waals surface area contributed by atoms with E-state index in [2.05, 4.69) is 0 Å². The van der Waals surface area contributed by atoms with Gasteiger partial charge in [-0.3, -0.25) is 9.59 Å². The molecule has 0 bridgehead atoms. The predicted molar refractivity (Wildman–Crippen MR) is 92.9 cm³/mol. The topological polar surface area (TPSA) is 42.3 Å². The van der Waals surface area contributed by atoms with Gasteiger partial charge in [-0.05, 0) is 42.8 Å². The molecule has 24 heavy (non-hydrogen) atoms. The highest BCUT2D eigenvalue weighted by Gasteiger charge is 2.37. The molecule has 0 spiro atoms. The lowest BCUT2D eigenvalue weighted by molar-refractivity contribution is 0.0887. The molecule has 0 unspecified atom stereocenters. The monoisotopic (exact) mass is 336 g/mol. The Morgan fingerprint density at radius 3 is 2.00 bits per heavy atom. The summed E-state index contributed by atoms with van der Waals surface area (Å²) in [4.78, 5) is 25.4. The van der Waals surface area contributed by atoms with E-state index in [1.165, 1.54) is 5.01 Å². The summed E-state index contributed by atoms with van der Waals surface area (Å²) in [6.45, 7) is 1.94. The van der Waals surface area contributed by atoms with Gasteiger partial charge >= 0.3 is 0 Å². The number of hydrogen-bond acceptors (Lipinski definition) is 2. The van der Waals surface area contributed by atoms with Crippen LogP contribution in [0, 0.1) is 6.92 Å². The van der Waals surface area contributed by atoms with Gasteiger partial charge in [0.05, 0.1) is 16.8 Å². The van der Waals surface area contributed by atoms with Crippen molar-refractivity contribution in [2.24, 2.45) is 0 Å². The SMILES string of the molecule is Cc1ccn(N2C(=O)c3ccccc3C2=O)c1-c1ccc(Cl)cc1. The molecule has 1 aliphatic heterocycles. The molecule has 2 amide bonds. The highest BCUT2D eigenvalue weighted by molar-refractivity contribution is 6.31. The van der Waals surface area contributed by atoms with Crippen molar-refractivity contribution in [2.45, 2.75) is 6.92 Å². The van der Waals surface area contributed by atoms with Crippen LogP contribution in [0.1, 0.15) is 26.3 Å². The first-order chi connectivity index (χ1) is 11.6. The summed E-state index contributed by atoms with van der Waals surface area (Å²) in [5.74, 6) is -0.636. The zero-order valence-electron chi connectivity index (χ0n) is 12.9. The van der Waals surface area contributed by atoms with Crippen LogP contribution < -0.4 is 5.01 Å². The number of imide groups is 1. The Bertz CT molecular complexity index is 938. The van der Waals surface area contributed by atoms with E-state index in [4.69, 9.17) is 11.6 Å².